The fourth-order valence-electron chi connectivity index (χ4n) is 2.34. The summed E-state index contributed by atoms with van der Waals surface area (Å²) in [7, 11) is -3.18. The van der Waals surface area contributed by atoms with Crippen LogP contribution < -0.4 is 0 Å². The number of nitrogens with zero attached hydrogens (tertiary/aromatic N) is 1. The quantitative estimate of drug-likeness (QED) is 0.890. The third-order valence-corrected chi connectivity index (χ3v) is 5.53. The van der Waals surface area contributed by atoms with Crippen LogP contribution >= 0.6 is 0 Å². The average molecular weight is 294 g/mol. The van der Waals surface area contributed by atoms with Gasteiger partial charge in [-0.25, -0.2) is 8.42 Å². The van der Waals surface area contributed by atoms with E-state index in [9.17, 15) is 8.42 Å². The Morgan fingerprint density at radius 3 is 2.65 bits per heavy atom. The van der Waals surface area contributed by atoms with Crippen LogP contribution in [-0.4, -0.2) is 30.0 Å². The minimum absolute atomic E-state index is 0.140. The van der Waals surface area contributed by atoms with Gasteiger partial charge >= 0.3 is 0 Å². The molecule has 4 nitrogen and oxygen atoms in total. The van der Waals surface area contributed by atoms with Crippen molar-refractivity contribution in [3.05, 3.63) is 36.0 Å². The molecule has 0 atom stereocenters. The van der Waals surface area contributed by atoms with E-state index in [0.717, 1.165) is 16.5 Å². The van der Waals surface area contributed by atoms with Gasteiger partial charge < -0.3 is 4.98 Å². The van der Waals surface area contributed by atoms with Crippen molar-refractivity contribution in [1.29, 1.82) is 0 Å². The molecule has 0 aliphatic rings. The number of H-pyrrole nitrogens is 1. The second-order valence-corrected chi connectivity index (χ2v) is 7.51. The zero-order valence-electron chi connectivity index (χ0n) is 12.3. The normalized spacial score (nSPS) is 12.7. The second-order valence-electron chi connectivity index (χ2n) is 5.50. The Kier molecular flexibility index (Phi) is 4.50. The van der Waals surface area contributed by atoms with Crippen molar-refractivity contribution >= 4 is 20.9 Å². The summed E-state index contributed by atoms with van der Waals surface area (Å²) in [6.45, 7) is 6.67. The van der Waals surface area contributed by atoms with E-state index >= 15 is 0 Å². The van der Waals surface area contributed by atoms with Gasteiger partial charge in [-0.2, -0.15) is 4.31 Å². The van der Waals surface area contributed by atoms with E-state index < -0.39 is 10.0 Å². The molecule has 0 saturated carbocycles. The van der Waals surface area contributed by atoms with Crippen LogP contribution in [0.25, 0.3) is 10.9 Å². The number of rotatable bonds is 6. The van der Waals surface area contributed by atoms with E-state index in [2.05, 4.69) is 4.98 Å². The van der Waals surface area contributed by atoms with Crippen molar-refractivity contribution in [3.8, 4) is 0 Å². The van der Waals surface area contributed by atoms with E-state index in [4.69, 9.17) is 0 Å². The van der Waals surface area contributed by atoms with Gasteiger partial charge in [0.25, 0.3) is 0 Å². The number of nitrogens with one attached hydrogen (secondary N) is 1. The Labute approximate surface area is 120 Å². The minimum atomic E-state index is -3.18. The van der Waals surface area contributed by atoms with Gasteiger partial charge in [0.15, 0.2) is 0 Å². The number of hydrogen-bond donors (Lipinski definition) is 1. The maximum atomic E-state index is 12.3. The summed E-state index contributed by atoms with van der Waals surface area (Å²) in [6, 6.07) is 8.01. The molecule has 2 aromatic rings. The highest BCUT2D eigenvalue weighted by molar-refractivity contribution is 7.89. The summed E-state index contributed by atoms with van der Waals surface area (Å²) >= 11 is 0. The lowest BCUT2D eigenvalue weighted by molar-refractivity contribution is 0.419. The summed E-state index contributed by atoms with van der Waals surface area (Å²) < 4.78 is 26.2. The Balaban J connectivity index is 2.21. The molecular formula is C15H22N2O2S. The van der Waals surface area contributed by atoms with Crippen LogP contribution in [-0.2, 0) is 16.6 Å². The molecular weight excluding hydrogens is 272 g/mol. The van der Waals surface area contributed by atoms with Crippen molar-refractivity contribution in [2.75, 3.05) is 12.3 Å². The highest BCUT2D eigenvalue weighted by Crippen LogP contribution is 2.17. The summed E-state index contributed by atoms with van der Waals surface area (Å²) in [5, 5.41) is 1.11. The van der Waals surface area contributed by atoms with Gasteiger partial charge in [-0.1, -0.05) is 26.8 Å². The fraction of sp³-hybridized carbons (Fsp3) is 0.467. The molecule has 20 heavy (non-hydrogen) atoms. The molecule has 5 heteroatoms. The summed E-state index contributed by atoms with van der Waals surface area (Å²) in [4.78, 5) is 3.14. The highest BCUT2D eigenvalue weighted by atomic mass is 32.2. The number of benzene rings is 1. The Morgan fingerprint density at radius 1 is 1.25 bits per heavy atom. The highest BCUT2D eigenvalue weighted by Gasteiger charge is 2.21. The first-order valence-corrected chi connectivity index (χ1v) is 8.57. The zero-order chi connectivity index (χ0) is 14.8. The lowest BCUT2D eigenvalue weighted by Gasteiger charge is -2.21. The zero-order valence-corrected chi connectivity index (χ0v) is 13.1. The molecule has 0 amide bonds. The van der Waals surface area contributed by atoms with Crippen molar-refractivity contribution in [2.45, 2.75) is 27.3 Å². The monoisotopic (exact) mass is 294 g/mol. The predicted molar refractivity (Wildman–Crippen MR) is 83.0 cm³/mol. The summed E-state index contributed by atoms with van der Waals surface area (Å²) in [6.07, 6.45) is 1.89. The fourth-order valence-corrected chi connectivity index (χ4v) is 4.13. The van der Waals surface area contributed by atoms with E-state index in [1.807, 2.05) is 51.2 Å². The first-order chi connectivity index (χ1) is 9.42. The molecule has 1 heterocycles. The van der Waals surface area contributed by atoms with Crippen LogP contribution in [0.4, 0.5) is 0 Å². The van der Waals surface area contributed by atoms with Gasteiger partial charge in [0, 0.05) is 24.8 Å². The van der Waals surface area contributed by atoms with Crippen molar-refractivity contribution in [3.63, 3.8) is 0 Å². The number of aromatic amines is 1. The number of fused-ring (bicyclic) bond motifs is 1. The Bertz CT molecular complexity index is 674. The third-order valence-electron chi connectivity index (χ3n) is 3.27. The molecule has 1 aromatic heterocycles. The largest absolute Gasteiger partial charge is 0.361 e. The SMILES string of the molecule is CCN(Cc1ccc2[nH]ccc2c1)S(=O)(=O)CC(C)C. The third kappa shape index (κ3) is 3.41. The summed E-state index contributed by atoms with van der Waals surface area (Å²) in [5.41, 5.74) is 2.09. The lowest BCUT2D eigenvalue weighted by atomic mass is 10.1. The molecule has 0 aliphatic carbocycles. The molecule has 1 N–H and O–H groups in total. The van der Waals surface area contributed by atoms with Crippen molar-refractivity contribution in [1.82, 2.24) is 9.29 Å². The predicted octanol–water partition coefficient (Wildman–Crippen LogP) is 2.98. The molecule has 0 unspecified atom stereocenters. The maximum absolute atomic E-state index is 12.3. The number of hydrogen-bond acceptors (Lipinski definition) is 2. The van der Waals surface area contributed by atoms with Crippen LogP contribution in [0.1, 0.15) is 26.3 Å². The second kappa shape index (κ2) is 5.97. The summed E-state index contributed by atoms with van der Waals surface area (Å²) in [5.74, 6) is 0.342. The van der Waals surface area contributed by atoms with Gasteiger partial charge in [0.1, 0.15) is 0 Å². The van der Waals surface area contributed by atoms with E-state index in [0.29, 0.717) is 13.1 Å². The standard InChI is InChI=1S/C15H22N2O2S/c1-4-17(20(18,19)11-12(2)3)10-13-5-6-15-14(9-13)7-8-16-15/h5-9,12,16H,4,10-11H2,1-3H3. The molecule has 0 fully saturated rings. The topological polar surface area (TPSA) is 53.2 Å². The van der Waals surface area contributed by atoms with E-state index in [1.54, 1.807) is 4.31 Å². The van der Waals surface area contributed by atoms with Crippen LogP contribution in [0.3, 0.4) is 0 Å². The van der Waals surface area contributed by atoms with Gasteiger partial charge in [-0.15, -0.1) is 0 Å². The van der Waals surface area contributed by atoms with Gasteiger partial charge in [-0.05, 0) is 35.1 Å². The molecule has 0 bridgehead atoms. The Hall–Kier alpha value is -1.33. The maximum Gasteiger partial charge on any atom is 0.214 e. The smallest absolute Gasteiger partial charge is 0.214 e. The van der Waals surface area contributed by atoms with Gasteiger partial charge in [0.05, 0.1) is 5.75 Å². The van der Waals surface area contributed by atoms with Crippen LogP contribution in [0, 0.1) is 5.92 Å². The Morgan fingerprint density at radius 2 is 2.00 bits per heavy atom. The molecule has 2 rings (SSSR count). The number of aromatic nitrogens is 1. The van der Waals surface area contributed by atoms with E-state index in [-0.39, 0.29) is 11.7 Å². The molecule has 1 aromatic carbocycles. The molecule has 0 spiro atoms. The molecule has 110 valence electrons. The van der Waals surface area contributed by atoms with Gasteiger partial charge in [-0.3, -0.25) is 0 Å². The molecule has 0 saturated heterocycles. The van der Waals surface area contributed by atoms with Crippen LogP contribution in [0.5, 0.6) is 0 Å². The first kappa shape index (κ1) is 15.1. The van der Waals surface area contributed by atoms with Crippen molar-refractivity contribution in [2.24, 2.45) is 5.92 Å². The number of sulfonamides is 1. The van der Waals surface area contributed by atoms with Crippen molar-refractivity contribution < 1.29 is 8.42 Å². The lowest BCUT2D eigenvalue weighted by Crippen LogP contribution is -2.33. The molecule has 0 radical (unpaired) electrons. The average Bonchev–Trinajstić information content (AvgIpc) is 2.81. The van der Waals surface area contributed by atoms with E-state index in [1.165, 1.54) is 0 Å². The van der Waals surface area contributed by atoms with Crippen LogP contribution in [0.2, 0.25) is 0 Å². The first-order valence-electron chi connectivity index (χ1n) is 6.96. The minimum Gasteiger partial charge on any atom is -0.361 e. The van der Waals surface area contributed by atoms with Gasteiger partial charge in [0.2, 0.25) is 10.0 Å². The van der Waals surface area contributed by atoms with Crippen LogP contribution in [0.15, 0.2) is 30.5 Å². The molecule has 0 aliphatic heterocycles.